The Morgan fingerprint density at radius 1 is 1.32 bits per heavy atom. The normalized spacial score (nSPS) is 11.7. The fourth-order valence-electron chi connectivity index (χ4n) is 1.50. The molecule has 104 valence electrons. The average Bonchev–Trinajstić information content (AvgIpc) is 2.38. The lowest BCUT2D eigenvalue weighted by Crippen LogP contribution is -2.40. The standard InChI is InChI=1S/C13H17BrN2O3/c1-9(5-4-8-17)15-12(18)13(19)16-11-7-3-2-6-10(11)14/h2-3,6-7,9,17H,4-5,8H2,1H3,(H,15,18)(H,16,19). The van der Waals surface area contributed by atoms with Crippen molar-refractivity contribution in [2.45, 2.75) is 25.8 Å². The molecule has 0 heterocycles. The number of halogens is 1. The molecule has 1 atom stereocenters. The number of hydrogen-bond acceptors (Lipinski definition) is 3. The zero-order valence-electron chi connectivity index (χ0n) is 10.6. The summed E-state index contributed by atoms with van der Waals surface area (Å²) >= 11 is 3.28. The van der Waals surface area contributed by atoms with Crippen molar-refractivity contribution in [3.05, 3.63) is 28.7 Å². The Morgan fingerprint density at radius 3 is 2.63 bits per heavy atom. The molecular formula is C13H17BrN2O3. The van der Waals surface area contributed by atoms with Crippen LogP contribution in [0.3, 0.4) is 0 Å². The molecule has 1 aromatic carbocycles. The minimum absolute atomic E-state index is 0.0728. The molecule has 0 saturated heterocycles. The first kappa shape index (κ1) is 15.7. The summed E-state index contributed by atoms with van der Waals surface area (Å²) in [6.07, 6.45) is 1.22. The fraction of sp³-hybridized carbons (Fsp3) is 0.385. The molecular weight excluding hydrogens is 312 g/mol. The third-order valence-electron chi connectivity index (χ3n) is 2.50. The Bertz CT molecular complexity index is 451. The van der Waals surface area contributed by atoms with Gasteiger partial charge in [-0.25, -0.2) is 0 Å². The van der Waals surface area contributed by atoms with Crippen molar-refractivity contribution < 1.29 is 14.7 Å². The van der Waals surface area contributed by atoms with Crippen molar-refractivity contribution in [3.8, 4) is 0 Å². The summed E-state index contributed by atoms with van der Waals surface area (Å²) < 4.78 is 0.712. The van der Waals surface area contributed by atoms with E-state index in [9.17, 15) is 9.59 Å². The van der Waals surface area contributed by atoms with Crippen LogP contribution in [0.1, 0.15) is 19.8 Å². The largest absolute Gasteiger partial charge is 0.396 e. The highest BCUT2D eigenvalue weighted by Crippen LogP contribution is 2.20. The molecule has 1 aromatic rings. The number of benzene rings is 1. The molecule has 19 heavy (non-hydrogen) atoms. The van der Waals surface area contributed by atoms with Crippen molar-refractivity contribution in [1.82, 2.24) is 5.32 Å². The van der Waals surface area contributed by atoms with E-state index in [1.807, 2.05) is 6.07 Å². The Balaban J connectivity index is 2.49. The van der Waals surface area contributed by atoms with Crippen LogP contribution in [-0.2, 0) is 9.59 Å². The van der Waals surface area contributed by atoms with Gasteiger partial charge in [0.05, 0.1) is 5.69 Å². The molecule has 0 aliphatic rings. The Morgan fingerprint density at radius 2 is 2.00 bits per heavy atom. The highest BCUT2D eigenvalue weighted by atomic mass is 79.9. The molecule has 0 aromatic heterocycles. The third-order valence-corrected chi connectivity index (χ3v) is 3.19. The van der Waals surface area contributed by atoms with E-state index in [2.05, 4.69) is 26.6 Å². The van der Waals surface area contributed by atoms with Crippen LogP contribution in [0.2, 0.25) is 0 Å². The highest BCUT2D eigenvalue weighted by Gasteiger charge is 2.16. The van der Waals surface area contributed by atoms with E-state index in [0.29, 0.717) is 23.0 Å². The predicted octanol–water partition coefficient (Wildman–Crippen LogP) is 1.66. The molecule has 0 aliphatic carbocycles. The third kappa shape index (κ3) is 5.40. The van der Waals surface area contributed by atoms with Crippen LogP contribution in [0.15, 0.2) is 28.7 Å². The van der Waals surface area contributed by atoms with Gasteiger partial charge in [0.1, 0.15) is 0 Å². The summed E-state index contributed by atoms with van der Waals surface area (Å²) in [5.41, 5.74) is 0.547. The minimum Gasteiger partial charge on any atom is -0.396 e. The van der Waals surface area contributed by atoms with Gasteiger partial charge in [0.2, 0.25) is 0 Å². The number of rotatable bonds is 5. The zero-order valence-corrected chi connectivity index (χ0v) is 12.2. The molecule has 1 rings (SSSR count). The smallest absolute Gasteiger partial charge is 0.313 e. The van der Waals surface area contributed by atoms with Crippen LogP contribution >= 0.6 is 15.9 Å². The Labute approximate surface area is 120 Å². The van der Waals surface area contributed by atoms with Crippen molar-refractivity contribution in [2.24, 2.45) is 0 Å². The van der Waals surface area contributed by atoms with E-state index in [1.165, 1.54) is 0 Å². The number of nitrogens with one attached hydrogen (secondary N) is 2. The second-order valence-electron chi connectivity index (χ2n) is 4.17. The molecule has 2 amide bonds. The van der Waals surface area contributed by atoms with Crippen molar-refractivity contribution >= 4 is 33.4 Å². The topological polar surface area (TPSA) is 78.4 Å². The van der Waals surface area contributed by atoms with Gasteiger partial charge in [0, 0.05) is 17.1 Å². The number of aliphatic hydroxyl groups excluding tert-OH is 1. The average molecular weight is 329 g/mol. The maximum Gasteiger partial charge on any atom is 0.313 e. The lowest BCUT2D eigenvalue weighted by molar-refractivity contribution is -0.136. The maximum absolute atomic E-state index is 11.7. The lowest BCUT2D eigenvalue weighted by atomic mass is 10.2. The molecule has 0 fully saturated rings. The summed E-state index contributed by atoms with van der Waals surface area (Å²) in [6, 6.07) is 6.91. The molecule has 5 nitrogen and oxygen atoms in total. The Hall–Kier alpha value is -1.40. The summed E-state index contributed by atoms with van der Waals surface area (Å²) in [6.45, 7) is 1.86. The maximum atomic E-state index is 11.7. The first-order valence-corrected chi connectivity index (χ1v) is 6.81. The van der Waals surface area contributed by atoms with Gasteiger partial charge in [-0.3, -0.25) is 9.59 Å². The number of para-hydroxylation sites is 1. The second kappa shape index (κ2) is 7.91. The van der Waals surface area contributed by atoms with E-state index in [-0.39, 0.29) is 12.6 Å². The van der Waals surface area contributed by atoms with Crippen LogP contribution < -0.4 is 10.6 Å². The van der Waals surface area contributed by atoms with Crippen LogP contribution in [0.5, 0.6) is 0 Å². The van der Waals surface area contributed by atoms with E-state index in [1.54, 1.807) is 25.1 Å². The molecule has 6 heteroatoms. The monoisotopic (exact) mass is 328 g/mol. The van der Waals surface area contributed by atoms with E-state index < -0.39 is 11.8 Å². The summed E-state index contributed by atoms with van der Waals surface area (Å²) in [5, 5.41) is 13.8. The summed E-state index contributed by atoms with van der Waals surface area (Å²) in [5.74, 6) is -1.39. The molecule has 0 aliphatic heterocycles. The van der Waals surface area contributed by atoms with Gasteiger partial charge in [-0.15, -0.1) is 0 Å². The van der Waals surface area contributed by atoms with Gasteiger partial charge in [0.15, 0.2) is 0 Å². The number of aliphatic hydroxyl groups is 1. The van der Waals surface area contributed by atoms with Crippen molar-refractivity contribution in [1.29, 1.82) is 0 Å². The molecule has 1 unspecified atom stereocenters. The van der Waals surface area contributed by atoms with Crippen LogP contribution in [-0.4, -0.2) is 29.6 Å². The SMILES string of the molecule is CC(CCCO)NC(=O)C(=O)Nc1ccccc1Br. The minimum atomic E-state index is -0.706. The number of carbonyl (C=O) groups is 2. The van der Waals surface area contributed by atoms with Crippen molar-refractivity contribution in [2.75, 3.05) is 11.9 Å². The van der Waals surface area contributed by atoms with E-state index >= 15 is 0 Å². The number of hydrogen-bond donors (Lipinski definition) is 3. The Kier molecular flexibility index (Phi) is 6.52. The predicted molar refractivity (Wildman–Crippen MR) is 76.7 cm³/mol. The summed E-state index contributed by atoms with van der Waals surface area (Å²) in [4.78, 5) is 23.3. The first-order chi connectivity index (χ1) is 9.04. The molecule has 0 radical (unpaired) electrons. The van der Waals surface area contributed by atoms with Crippen LogP contribution in [0.25, 0.3) is 0 Å². The van der Waals surface area contributed by atoms with Crippen LogP contribution in [0, 0.1) is 0 Å². The van der Waals surface area contributed by atoms with Crippen molar-refractivity contribution in [3.63, 3.8) is 0 Å². The van der Waals surface area contributed by atoms with Crippen LogP contribution in [0.4, 0.5) is 5.69 Å². The molecule has 3 N–H and O–H groups in total. The molecule has 0 spiro atoms. The number of amides is 2. The highest BCUT2D eigenvalue weighted by molar-refractivity contribution is 9.10. The summed E-state index contributed by atoms with van der Waals surface area (Å²) in [7, 11) is 0. The van der Waals surface area contributed by atoms with Gasteiger partial charge in [-0.1, -0.05) is 12.1 Å². The van der Waals surface area contributed by atoms with Gasteiger partial charge in [-0.2, -0.15) is 0 Å². The fourth-order valence-corrected chi connectivity index (χ4v) is 1.88. The molecule has 0 saturated carbocycles. The number of carbonyl (C=O) groups excluding carboxylic acids is 2. The molecule has 0 bridgehead atoms. The quantitative estimate of drug-likeness (QED) is 0.719. The van der Waals surface area contributed by atoms with Gasteiger partial charge < -0.3 is 15.7 Å². The van der Waals surface area contributed by atoms with E-state index in [4.69, 9.17) is 5.11 Å². The van der Waals surface area contributed by atoms with E-state index in [0.717, 1.165) is 0 Å². The van der Waals surface area contributed by atoms with Gasteiger partial charge in [-0.05, 0) is 47.8 Å². The number of anilines is 1. The lowest BCUT2D eigenvalue weighted by Gasteiger charge is -2.13. The zero-order chi connectivity index (χ0) is 14.3. The van der Waals surface area contributed by atoms with Gasteiger partial charge >= 0.3 is 11.8 Å². The van der Waals surface area contributed by atoms with Gasteiger partial charge in [0.25, 0.3) is 0 Å². The second-order valence-corrected chi connectivity index (χ2v) is 5.03. The first-order valence-electron chi connectivity index (χ1n) is 6.02.